The van der Waals surface area contributed by atoms with Gasteiger partial charge in [0.25, 0.3) is 5.91 Å². The van der Waals surface area contributed by atoms with E-state index in [0.717, 1.165) is 26.2 Å². The van der Waals surface area contributed by atoms with Gasteiger partial charge in [-0.1, -0.05) is 0 Å². The van der Waals surface area contributed by atoms with Gasteiger partial charge < -0.3 is 20.3 Å². The zero-order valence-electron chi connectivity index (χ0n) is 10.9. The van der Waals surface area contributed by atoms with Crippen LogP contribution in [0.2, 0.25) is 0 Å². The van der Waals surface area contributed by atoms with Gasteiger partial charge in [-0.3, -0.25) is 4.79 Å². The van der Waals surface area contributed by atoms with E-state index in [-0.39, 0.29) is 5.91 Å². The predicted octanol–water partition coefficient (Wildman–Crippen LogP) is -2.06. The fourth-order valence-corrected chi connectivity index (χ4v) is 2.92. The van der Waals surface area contributed by atoms with Crippen LogP contribution in [-0.4, -0.2) is 51.7 Å². The fourth-order valence-electron chi connectivity index (χ4n) is 2.13. The minimum absolute atomic E-state index is 0.0514. The molecule has 1 amide bonds. The molecule has 6 nitrogen and oxygen atoms in total. The lowest BCUT2D eigenvalue weighted by atomic mass is 10.3. The number of quaternary nitrogens is 2. The second-order valence-electron chi connectivity index (χ2n) is 4.50. The molecule has 0 unspecified atom stereocenters. The van der Waals surface area contributed by atoms with E-state index >= 15 is 0 Å². The molecule has 2 heterocycles. The topological polar surface area (TPSA) is 76.4 Å². The Labute approximate surface area is 115 Å². The van der Waals surface area contributed by atoms with Gasteiger partial charge in [0.2, 0.25) is 0 Å². The van der Waals surface area contributed by atoms with Gasteiger partial charge in [-0.2, -0.15) is 0 Å². The van der Waals surface area contributed by atoms with Crippen molar-refractivity contribution in [2.75, 3.05) is 45.2 Å². The fraction of sp³-hybridized carbons (Fsp3) is 0.500. The maximum Gasteiger partial charge on any atom is 0.340 e. The van der Waals surface area contributed by atoms with Crippen molar-refractivity contribution in [3.8, 4) is 0 Å². The maximum absolute atomic E-state index is 12.0. The zero-order chi connectivity index (χ0) is 13.7. The van der Waals surface area contributed by atoms with E-state index in [0.29, 0.717) is 17.1 Å². The molecule has 0 spiro atoms. The largest absolute Gasteiger partial charge is 0.465 e. The summed E-state index contributed by atoms with van der Waals surface area (Å²) >= 11 is 1.34. The van der Waals surface area contributed by atoms with Gasteiger partial charge in [0.05, 0.1) is 12.7 Å². The maximum atomic E-state index is 12.0. The summed E-state index contributed by atoms with van der Waals surface area (Å²) in [7, 11) is 1.33. The molecule has 1 aromatic heterocycles. The highest BCUT2D eigenvalue weighted by Gasteiger charge is 2.21. The molecule has 0 saturated carbocycles. The molecule has 1 fully saturated rings. The quantitative estimate of drug-likeness (QED) is 0.557. The molecule has 0 aromatic carbocycles. The summed E-state index contributed by atoms with van der Waals surface area (Å²) in [4.78, 5) is 24.7. The molecule has 1 aliphatic rings. The second kappa shape index (κ2) is 6.65. The first-order chi connectivity index (χ1) is 9.20. The Morgan fingerprint density at radius 2 is 2.21 bits per heavy atom. The first-order valence-corrected chi connectivity index (χ1v) is 7.19. The molecule has 0 radical (unpaired) electrons. The minimum Gasteiger partial charge on any atom is -0.465 e. The number of nitrogens with one attached hydrogen (secondary N) is 2. The van der Waals surface area contributed by atoms with E-state index in [1.54, 1.807) is 11.4 Å². The average Bonchev–Trinajstić information content (AvgIpc) is 2.87. The first-order valence-electron chi connectivity index (χ1n) is 6.31. The Kier molecular flexibility index (Phi) is 4.89. The number of amides is 1. The molecule has 0 aliphatic carbocycles. The third kappa shape index (κ3) is 3.76. The van der Waals surface area contributed by atoms with Gasteiger partial charge in [-0.15, -0.1) is 11.3 Å². The number of rotatable bonds is 4. The number of nitrogens with two attached hydrogens (primary N) is 1. The van der Waals surface area contributed by atoms with Gasteiger partial charge in [0.15, 0.2) is 6.54 Å². The van der Waals surface area contributed by atoms with Gasteiger partial charge >= 0.3 is 5.97 Å². The molecular formula is C12H19N3O3S+2. The van der Waals surface area contributed by atoms with Crippen molar-refractivity contribution < 1.29 is 24.5 Å². The molecule has 7 heteroatoms. The van der Waals surface area contributed by atoms with Crippen LogP contribution in [0.3, 0.4) is 0 Å². The number of esters is 1. The number of carbonyl (C=O) groups is 2. The van der Waals surface area contributed by atoms with E-state index < -0.39 is 5.97 Å². The van der Waals surface area contributed by atoms with Crippen molar-refractivity contribution in [3.63, 3.8) is 0 Å². The number of ether oxygens (including phenoxy) is 1. The predicted molar refractivity (Wildman–Crippen MR) is 71.5 cm³/mol. The van der Waals surface area contributed by atoms with E-state index in [1.807, 2.05) is 0 Å². The van der Waals surface area contributed by atoms with Crippen LogP contribution < -0.4 is 15.5 Å². The second-order valence-corrected chi connectivity index (χ2v) is 5.41. The van der Waals surface area contributed by atoms with Crippen molar-refractivity contribution >= 4 is 28.2 Å². The molecule has 4 N–H and O–H groups in total. The summed E-state index contributed by atoms with van der Waals surface area (Å²) in [6.45, 7) is 4.58. The summed E-state index contributed by atoms with van der Waals surface area (Å²) in [5.41, 5.74) is 0.419. The zero-order valence-corrected chi connectivity index (χ0v) is 11.7. The van der Waals surface area contributed by atoms with Gasteiger partial charge in [0, 0.05) is 0 Å². The van der Waals surface area contributed by atoms with Crippen LogP contribution in [0.25, 0.3) is 0 Å². The summed E-state index contributed by atoms with van der Waals surface area (Å²) in [5, 5.41) is 7.40. The lowest BCUT2D eigenvalue weighted by Gasteiger charge is -2.21. The van der Waals surface area contributed by atoms with E-state index in [1.165, 1.54) is 23.3 Å². The van der Waals surface area contributed by atoms with Crippen molar-refractivity contribution in [3.05, 3.63) is 17.0 Å². The Morgan fingerprint density at radius 3 is 2.89 bits per heavy atom. The highest BCUT2D eigenvalue weighted by atomic mass is 32.1. The SMILES string of the molecule is COC(=O)c1ccsc1NC(=O)C[NH+]1CC[NH2+]CC1. The lowest BCUT2D eigenvalue weighted by molar-refractivity contribution is -0.940. The Hall–Kier alpha value is -1.44. The van der Waals surface area contributed by atoms with Crippen LogP contribution in [0, 0.1) is 0 Å². The summed E-state index contributed by atoms with van der Waals surface area (Å²) in [6.07, 6.45) is 0. The normalized spacial score (nSPS) is 16.1. The Balaban J connectivity index is 1.91. The van der Waals surface area contributed by atoms with Crippen molar-refractivity contribution in [2.24, 2.45) is 0 Å². The highest BCUT2D eigenvalue weighted by Crippen LogP contribution is 2.23. The molecule has 0 atom stereocenters. The molecule has 104 valence electrons. The van der Waals surface area contributed by atoms with E-state index in [9.17, 15) is 9.59 Å². The van der Waals surface area contributed by atoms with Crippen LogP contribution in [-0.2, 0) is 9.53 Å². The van der Waals surface area contributed by atoms with E-state index in [4.69, 9.17) is 0 Å². The number of carbonyl (C=O) groups excluding carboxylic acids is 2. The smallest absolute Gasteiger partial charge is 0.340 e. The first kappa shape index (κ1) is 14.0. The lowest BCUT2D eigenvalue weighted by Crippen LogP contribution is -3.21. The molecule has 1 saturated heterocycles. The summed E-state index contributed by atoms with van der Waals surface area (Å²) < 4.78 is 4.67. The van der Waals surface area contributed by atoms with Crippen molar-refractivity contribution in [1.82, 2.24) is 0 Å². The van der Waals surface area contributed by atoms with Crippen LogP contribution in [0.15, 0.2) is 11.4 Å². The van der Waals surface area contributed by atoms with Gasteiger partial charge in [-0.25, -0.2) is 4.79 Å². The van der Waals surface area contributed by atoms with Crippen molar-refractivity contribution in [2.45, 2.75) is 0 Å². The number of thiophene rings is 1. The third-order valence-electron chi connectivity index (χ3n) is 3.14. The van der Waals surface area contributed by atoms with Gasteiger partial charge in [-0.05, 0) is 11.4 Å². The number of hydrogen-bond acceptors (Lipinski definition) is 4. The molecule has 0 bridgehead atoms. The Bertz CT molecular complexity index is 455. The van der Waals surface area contributed by atoms with Gasteiger partial charge in [0.1, 0.15) is 31.2 Å². The molecule has 1 aliphatic heterocycles. The highest BCUT2D eigenvalue weighted by molar-refractivity contribution is 7.14. The Morgan fingerprint density at radius 1 is 1.47 bits per heavy atom. The van der Waals surface area contributed by atoms with Crippen LogP contribution in [0.1, 0.15) is 10.4 Å². The van der Waals surface area contributed by atoms with Crippen LogP contribution >= 0.6 is 11.3 Å². The number of piperazine rings is 1. The molecular weight excluding hydrogens is 266 g/mol. The number of methoxy groups -OCH3 is 1. The average molecular weight is 285 g/mol. The van der Waals surface area contributed by atoms with Crippen molar-refractivity contribution in [1.29, 1.82) is 0 Å². The van der Waals surface area contributed by atoms with Crippen LogP contribution in [0.5, 0.6) is 0 Å². The minimum atomic E-state index is -0.420. The number of anilines is 1. The molecule has 1 aromatic rings. The third-order valence-corrected chi connectivity index (χ3v) is 3.97. The standard InChI is InChI=1S/C12H17N3O3S/c1-18-12(17)9-2-7-19-11(9)14-10(16)8-15-5-3-13-4-6-15/h2,7,13H,3-6,8H2,1H3,(H,14,16)/p+2. The van der Waals surface area contributed by atoms with E-state index in [2.05, 4.69) is 15.4 Å². The monoisotopic (exact) mass is 285 g/mol. The summed E-state index contributed by atoms with van der Waals surface area (Å²) in [6, 6.07) is 1.66. The molecule has 2 rings (SSSR count). The summed E-state index contributed by atoms with van der Waals surface area (Å²) in [5.74, 6) is -0.471. The number of hydrogen-bond donors (Lipinski definition) is 3. The van der Waals surface area contributed by atoms with Crippen LogP contribution in [0.4, 0.5) is 5.00 Å². The molecule has 19 heavy (non-hydrogen) atoms.